The quantitative estimate of drug-likeness (QED) is 0.835. The highest BCUT2D eigenvalue weighted by Gasteiger charge is 2.37. The molecule has 1 aromatic rings. The number of nitrogens with zero attached hydrogens (tertiary/aromatic N) is 1. The number of methoxy groups -OCH3 is 2. The molecular weight excluding hydrogens is 268 g/mol. The highest BCUT2D eigenvalue weighted by molar-refractivity contribution is 6.05. The van der Waals surface area contributed by atoms with Crippen LogP contribution in [0.3, 0.4) is 0 Å². The summed E-state index contributed by atoms with van der Waals surface area (Å²) in [6, 6.07) is 5.33. The molecule has 0 aliphatic carbocycles. The van der Waals surface area contributed by atoms with Gasteiger partial charge in [-0.1, -0.05) is 0 Å². The molecule has 1 saturated heterocycles. The average Bonchev–Trinajstić information content (AvgIpc) is 2.54. The lowest BCUT2D eigenvalue weighted by Crippen LogP contribution is -2.57. The van der Waals surface area contributed by atoms with Crippen LogP contribution in [0, 0.1) is 0 Å². The molecule has 0 amide bonds. The van der Waals surface area contributed by atoms with E-state index in [9.17, 15) is 4.79 Å². The predicted molar refractivity (Wildman–Crippen MR) is 82.4 cm³/mol. The number of rotatable bonds is 5. The van der Waals surface area contributed by atoms with Crippen LogP contribution < -0.4 is 14.8 Å². The van der Waals surface area contributed by atoms with Crippen LogP contribution in [-0.4, -0.2) is 56.6 Å². The maximum absolute atomic E-state index is 13.0. The molecule has 1 aliphatic heterocycles. The van der Waals surface area contributed by atoms with Crippen molar-refractivity contribution in [1.82, 2.24) is 10.2 Å². The van der Waals surface area contributed by atoms with Gasteiger partial charge in [-0.25, -0.2) is 0 Å². The molecule has 1 N–H and O–H groups in total. The standard InChI is InChI=1S/C16H24N2O3/c1-16(2,18-9-7-17-8-10-18)15(19)13-11-12(20-3)5-6-14(13)21-4/h5-6,11,17H,7-10H2,1-4H3. The number of ketones is 1. The van der Waals surface area contributed by atoms with Crippen LogP contribution in [0.1, 0.15) is 24.2 Å². The molecule has 1 aromatic carbocycles. The third-order valence-electron chi connectivity index (χ3n) is 4.11. The number of nitrogens with one attached hydrogen (secondary N) is 1. The van der Waals surface area contributed by atoms with Crippen LogP contribution in [0.5, 0.6) is 11.5 Å². The zero-order valence-corrected chi connectivity index (χ0v) is 13.2. The topological polar surface area (TPSA) is 50.8 Å². The van der Waals surface area contributed by atoms with Crippen molar-refractivity contribution in [2.24, 2.45) is 0 Å². The van der Waals surface area contributed by atoms with Crippen LogP contribution in [-0.2, 0) is 0 Å². The fourth-order valence-electron chi connectivity index (χ4n) is 2.69. The average molecular weight is 292 g/mol. The molecule has 1 aliphatic rings. The first-order valence-electron chi connectivity index (χ1n) is 7.23. The van der Waals surface area contributed by atoms with E-state index < -0.39 is 5.54 Å². The second-order valence-corrected chi connectivity index (χ2v) is 5.69. The minimum absolute atomic E-state index is 0.0557. The Bertz CT molecular complexity index is 508. The van der Waals surface area contributed by atoms with E-state index in [1.807, 2.05) is 13.8 Å². The van der Waals surface area contributed by atoms with Gasteiger partial charge < -0.3 is 14.8 Å². The Kier molecular flexibility index (Phi) is 4.85. The van der Waals surface area contributed by atoms with Crippen molar-refractivity contribution in [1.29, 1.82) is 0 Å². The first-order valence-corrected chi connectivity index (χ1v) is 7.23. The summed E-state index contributed by atoms with van der Waals surface area (Å²) >= 11 is 0. The summed E-state index contributed by atoms with van der Waals surface area (Å²) in [4.78, 5) is 15.2. The molecule has 116 valence electrons. The van der Waals surface area contributed by atoms with Crippen LogP contribution in [0.15, 0.2) is 18.2 Å². The van der Waals surface area contributed by atoms with Gasteiger partial charge >= 0.3 is 0 Å². The van der Waals surface area contributed by atoms with Crippen molar-refractivity contribution in [3.63, 3.8) is 0 Å². The monoisotopic (exact) mass is 292 g/mol. The van der Waals surface area contributed by atoms with Crippen LogP contribution in [0.4, 0.5) is 0 Å². The molecule has 0 bridgehead atoms. The van der Waals surface area contributed by atoms with Gasteiger partial charge in [0.15, 0.2) is 5.78 Å². The molecule has 0 radical (unpaired) electrons. The number of hydrogen-bond donors (Lipinski definition) is 1. The molecule has 0 unspecified atom stereocenters. The SMILES string of the molecule is COc1ccc(OC)c(C(=O)C(C)(C)N2CCNCC2)c1. The normalized spacial score (nSPS) is 16.6. The Balaban J connectivity index is 2.33. The second kappa shape index (κ2) is 6.45. The number of carbonyl (C=O) groups excluding carboxylic acids is 1. The fourth-order valence-corrected chi connectivity index (χ4v) is 2.69. The van der Waals surface area contributed by atoms with Gasteiger partial charge in [-0.3, -0.25) is 9.69 Å². The third-order valence-corrected chi connectivity index (χ3v) is 4.11. The molecular formula is C16H24N2O3. The Labute approximate surface area is 126 Å². The molecule has 0 saturated carbocycles. The fraction of sp³-hybridized carbons (Fsp3) is 0.562. The highest BCUT2D eigenvalue weighted by Crippen LogP contribution is 2.30. The van der Waals surface area contributed by atoms with Gasteiger partial charge in [-0.2, -0.15) is 0 Å². The number of Topliss-reactive ketones (excluding diaryl/α,β-unsaturated/α-hetero) is 1. The first kappa shape index (κ1) is 15.8. The summed E-state index contributed by atoms with van der Waals surface area (Å²) in [5.74, 6) is 1.31. The lowest BCUT2D eigenvalue weighted by Gasteiger charge is -2.40. The Morgan fingerprint density at radius 1 is 1.19 bits per heavy atom. The minimum atomic E-state index is -0.568. The molecule has 0 atom stereocenters. The molecule has 2 rings (SSSR count). The van der Waals surface area contributed by atoms with E-state index >= 15 is 0 Å². The van der Waals surface area contributed by atoms with E-state index in [0.29, 0.717) is 17.1 Å². The zero-order chi connectivity index (χ0) is 15.5. The number of carbonyl (C=O) groups is 1. The van der Waals surface area contributed by atoms with Gasteiger partial charge in [0.25, 0.3) is 0 Å². The molecule has 5 heteroatoms. The summed E-state index contributed by atoms with van der Waals surface area (Å²) in [6.07, 6.45) is 0. The van der Waals surface area contributed by atoms with Gasteiger partial charge in [0.05, 0.1) is 25.3 Å². The van der Waals surface area contributed by atoms with E-state index in [0.717, 1.165) is 26.2 Å². The Morgan fingerprint density at radius 3 is 2.43 bits per heavy atom. The predicted octanol–water partition coefficient (Wildman–Crippen LogP) is 1.57. The maximum atomic E-state index is 13.0. The molecule has 1 fully saturated rings. The van der Waals surface area contributed by atoms with Crippen molar-refractivity contribution in [3.05, 3.63) is 23.8 Å². The van der Waals surface area contributed by atoms with Crippen molar-refractivity contribution >= 4 is 5.78 Å². The van der Waals surface area contributed by atoms with Crippen molar-refractivity contribution < 1.29 is 14.3 Å². The van der Waals surface area contributed by atoms with Crippen molar-refractivity contribution in [2.75, 3.05) is 40.4 Å². The molecule has 0 spiro atoms. The molecule has 5 nitrogen and oxygen atoms in total. The van der Waals surface area contributed by atoms with Gasteiger partial charge in [-0.05, 0) is 32.0 Å². The maximum Gasteiger partial charge on any atom is 0.186 e. The van der Waals surface area contributed by atoms with E-state index in [-0.39, 0.29) is 5.78 Å². The molecule has 21 heavy (non-hydrogen) atoms. The summed E-state index contributed by atoms with van der Waals surface area (Å²) in [7, 11) is 3.17. The van der Waals surface area contributed by atoms with Crippen LogP contribution in [0.25, 0.3) is 0 Å². The summed E-state index contributed by atoms with van der Waals surface area (Å²) in [5, 5.41) is 3.31. The number of piperazine rings is 1. The molecule has 0 aromatic heterocycles. The minimum Gasteiger partial charge on any atom is -0.497 e. The van der Waals surface area contributed by atoms with Crippen molar-refractivity contribution in [3.8, 4) is 11.5 Å². The zero-order valence-electron chi connectivity index (χ0n) is 13.2. The van der Waals surface area contributed by atoms with Gasteiger partial charge in [0, 0.05) is 26.2 Å². The smallest absolute Gasteiger partial charge is 0.186 e. The number of ether oxygens (including phenoxy) is 2. The van der Waals surface area contributed by atoms with E-state index in [4.69, 9.17) is 9.47 Å². The third kappa shape index (κ3) is 3.19. The number of benzene rings is 1. The Morgan fingerprint density at radius 2 is 1.86 bits per heavy atom. The lowest BCUT2D eigenvalue weighted by molar-refractivity contribution is 0.0599. The Hall–Kier alpha value is -1.59. The van der Waals surface area contributed by atoms with Crippen molar-refractivity contribution in [2.45, 2.75) is 19.4 Å². The highest BCUT2D eigenvalue weighted by atomic mass is 16.5. The summed E-state index contributed by atoms with van der Waals surface area (Å²) < 4.78 is 10.6. The molecule has 1 heterocycles. The van der Waals surface area contributed by atoms with Crippen LogP contribution >= 0.6 is 0 Å². The summed E-state index contributed by atoms with van der Waals surface area (Å²) in [5.41, 5.74) is 0.00209. The van der Waals surface area contributed by atoms with E-state index in [1.165, 1.54) is 0 Å². The largest absolute Gasteiger partial charge is 0.497 e. The lowest BCUT2D eigenvalue weighted by atomic mass is 9.90. The van der Waals surface area contributed by atoms with Gasteiger partial charge in [-0.15, -0.1) is 0 Å². The number of hydrogen-bond acceptors (Lipinski definition) is 5. The van der Waals surface area contributed by atoms with E-state index in [1.54, 1.807) is 32.4 Å². The first-order chi connectivity index (χ1) is 10.0. The van der Waals surface area contributed by atoms with Gasteiger partial charge in [0.1, 0.15) is 11.5 Å². The summed E-state index contributed by atoms with van der Waals surface area (Å²) in [6.45, 7) is 7.49. The second-order valence-electron chi connectivity index (χ2n) is 5.69. The van der Waals surface area contributed by atoms with Gasteiger partial charge in [0.2, 0.25) is 0 Å². The van der Waals surface area contributed by atoms with E-state index in [2.05, 4.69) is 10.2 Å². The van der Waals surface area contributed by atoms with Crippen LogP contribution in [0.2, 0.25) is 0 Å².